The molecule has 0 aliphatic rings. The van der Waals surface area contributed by atoms with Gasteiger partial charge in [-0.1, -0.05) is 0 Å². The van der Waals surface area contributed by atoms with E-state index < -0.39 is 49.5 Å². The molecule has 0 saturated heterocycles. The van der Waals surface area contributed by atoms with Gasteiger partial charge in [0.1, 0.15) is 6.61 Å². The third-order valence-corrected chi connectivity index (χ3v) is 2.34. The molecule has 0 rings (SSSR count). The summed E-state index contributed by atoms with van der Waals surface area (Å²) < 4.78 is 27.5. The fraction of sp³-hybridized carbons (Fsp3) is 0.692. The number of carbonyl (C=O) groups is 4. The van der Waals surface area contributed by atoms with E-state index in [9.17, 15) is 19.2 Å². The smallest absolute Gasteiger partial charge is 0.350 e. The number of hydrogen-bond donors (Lipinski definition) is 0. The van der Waals surface area contributed by atoms with Gasteiger partial charge in [0.25, 0.3) is 0 Å². The van der Waals surface area contributed by atoms with Crippen LogP contribution in [0.5, 0.6) is 0 Å². The van der Waals surface area contributed by atoms with Gasteiger partial charge in [-0.05, 0) is 13.8 Å². The van der Waals surface area contributed by atoms with Crippen LogP contribution in [0.2, 0.25) is 0 Å². The third kappa shape index (κ3) is 9.42. The molecule has 0 saturated carbocycles. The van der Waals surface area contributed by atoms with Gasteiger partial charge in [0.15, 0.2) is 18.8 Å². The predicted molar refractivity (Wildman–Crippen MR) is 71.9 cm³/mol. The van der Waals surface area contributed by atoms with Gasteiger partial charge in [-0.3, -0.25) is 0 Å². The lowest BCUT2D eigenvalue weighted by Gasteiger charge is -2.13. The van der Waals surface area contributed by atoms with Crippen LogP contribution in [-0.2, 0) is 47.6 Å². The van der Waals surface area contributed by atoms with Crippen LogP contribution in [0.4, 0.5) is 0 Å². The van der Waals surface area contributed by atoms with Crippen LogP contribution in [0.1, 0.15) is 13.8 Å². The summed E-state index contributed by atoms with van der Waals surface area (Å²) in [6, 6.07) is 0. The summed E-state index contributed by atoms with van der Waals surface area (Å²) in [5.74, 6) is -3.31. The second kappa shape index (κ2) is 11.4. The van der Waals surface area contributed by atoms with Crippen LogP contribution in [0, 0.1) is 0 Å². The van der Waals surface area contributed by atoms with Crippen molar-refractivity contribution in [1.29, 1.82) is 0 Å². The average Bonchev–Trinajstić information content (AvgIpc) is 2.51. The largest absolute Gasteiger partial charge is 0.452 e. The lowest BCUT2D eigenvalue weighted by Crippen LogP contribution is -2.29. The molecule has 0 radical (unpaired) electrons. The van der Waals surface area contributed by atoms with Gasteiger partial charge in [-0.25, -0.2) is 19.2 Å². The van der Waals surface area contributed by atoms with Crippen molar-refractivity contribution >= 4 is 23.9 Å². The molecule has 0 aliphatic carbocycles. The topological polar surface area (TPSA) is 124 Å². The minimum Gasteiger partial charge on any atom is -0.452 e. The van der Waals surface area contributed by atoms with Crippen molar-refractivity contribution in [2.75, 3.05) is 34.2 Å². The van der Waals surface area contributed by atoms with E-state index >= 15 is 0 Å². The van der Waals surface area contributed by atoms with Crippen molar-refractivity contribution in [2.45, 2.75) is 26.1 Å². The van der Waals surface area contributed by atoms with Crippen LogP contribution in [0.25, 0.3) is 0 Å². The Kier molecular flexibility index (Phi) is 10.3. The molecule has 0 aromatic carbocycles. The minimum atomic E-state index is -1.18. The number of methoxy groups -OCH3 is 2. The van der Waals surface area contributed by atoms with Crippen molar-refractivity contribution in [3.63, 3.8) is 0 Å². The molecule has 0 aromatic rings. The summed E-state index contributed by atoms with van der Waals surface area (Å²) in [4.78, 5) is 44.9. The molecule has 10 heteroatoms. The summed E-state index contributed by atoms with van der Waals surface area (Å²) in [5, 5.41) is 0. The maximum Gasteiger partial charge on any atom is 0.350 e. The van der Waals surface area contributed by atoms with Gasteiger partial charge in [0.2, 0.25) is 6.79 Å². The fourth-order valence-electron chi connectivity index (χ4n) is 1.05. The van der Waals surface area contributed by atoms with E-state index in [1.54, 1.807) is 0 Å². The Bertz CT molecular complexity index is 419. The number of hydrogen-bond acceptors (Lipinski definition) is 10. The average molecular weight is 336 g/mol. The van der Waals surface area contributed by atoms with Crippen LogP contribution in [-0.4, -0.2) is 70.3 Å². The van der Waals surface area contributed by atoms with Gasteiger partial charge in [-0.2, -0.15) is 0 Å². The Balaban J connectivity index is 3.92. The van der Waals surface area contributed by atoms with Crippen LogP contribution >= 0.6 is 0 Å². The van der Waals surface area contributed by atoms with E-state index in [1.165, 1.54) is 28.1 Å². The Hall–Kier alpha value is -2.20. The highest BCUT2D eigenvalue weighted by Crippen LogP contribution is 1.97. The van der Waals surface area contributed by atoms with Crippen molar-refractivity contribution in [1.82, 2.24) is 0 Å². The normalized spacial score (nSPS) is 12.7. The zero-order chi connectivity index (χ0) is 17.8. The SMILES string of the molecule is COCC(=O)OC(C)C(=O)OCOC(=O)COC(=O)C(C)OC. The van der Waals surface area contributed by atoms with Crippen molar-refractivity contribution in [3.05, 3.63) is 0 Å². The third-order valence-electron chi connectivity index (χ3n) is 2.34. The molecule has 0 aliphatic heterocycles. The van der Waals surface area contributed by atoms with Crippen LogP contribution < -0.4 is 0 Å². The first-order chi connectivity index (χ1) is 10.8. The van der Waals surface area contributed by atoms with E-state index in [4.69, 9.17) is 0 Å². The Morgan fingerprint density at radius 2 is 1.39 bits per heavy atom. The molecule has 0 heterocycles. The van der Waals surface area contributed by atoms with Crippen LogP contribution in [0.3, 0.4) is 0 Å². The Morgan fingerprint density at radius 3 is 1.96 bits per heavy atom. The van der Waals surface area contributed by atoms with Crippen molar-refractivity contribution < 1.29 is 47.6 Å². The van der Waals surface area contributed by atoms with Gasteiger partial charge >= 0.3 is 23.9 Å². The minimum absolute atomic E-state index is 0.308. The summed E-state index contributed by atoms with van der Waals surface area (Å²) in [6.07, 6.45) is -2.00. The molecule has 0 aromatic heterocycles. The quantitative estimate of drug-likeness (QED) is 0.284. The van der Waals surface area contributed by atoms with Gasteiger partial charge < -0.3 is 28.4 Å². The zero-order valence-electron chi connectivity index (χ0n) is 13.4. The number of carbonyl (C=O) groups excluding carboxylic acids is 4. The van der Waals surface area contributed by atoms with E-state index in [0.29, 0.717) is 0 Å². The maximum absolute atomic E-state index is 11.4. The molecule has 0 fully saturated rings. The zero-order valence-corrected chi connectivity index (χ0v) is 13.4. The molecule has 132 valence electrons. The summed E-state index contributed by atoms with van der Waals surface area (Å²) in [6.45, 7) is 1.06. The van der Waals surface area contributed by atoms with Gasteiger partial charge in [0.05, 0.1) is 0 Å². The van der Waals surface area contributed by atoms with E-state index in [1.807, 2.05) is 0 Å². The molecule has 0 N–H and O–H groups in total. The van der Waals surface area contributed by atoms with E-state index in [0.717, 1.165) is 0 Å². The molecular formula is C13H20O10. The lowest BCUT2D eigenvalue weighted by atomic mass is 10.4. The Morgan fingerprint density at radius 1 is 0.783 bits per heavy atom. The lowest BCUT2D eigenvalue weighted by molar-refractivity contribution is -0.183. The number of rotatable bonds is 10. The summed E-state index contributed by atoms with van der Waals surface area (Å²) in [7, 11) is 2.61. The van der Waals surface area contributed by atoms with E-state index in [-0.39, 0.29) is 6.61 Å². The molecule has 2 unspecified atom stereocenters. The Labute approximate surface area is 132 Å². The maximum atomic E-state index is 11.4. The second-order valence-electron chi connectivity index (χ2n) is 4.15. The predicted octanol–water partition coefficient (Wildman–Crippen LogP) is -0.813. The molecule has 0 bridgehead atoms. The molecule has 2 atom stereocenters. The van der Waals surface area contributed by atoms with Crippen molar-refractivity contribution in [2.24, 2.45) is 0 Å². The molecular weight excluding hydrogens is 316 g/mol. The summed E-state index contributed by atoms with van der Waals surface area (Å²) >= 11 is 0. The molecule has 0 spiro atoms. The first-order valence-electron chi connectivity index (χ1n) is 6.51. The standard InChI is InChI=1S/C13H20O10/c1-8(19-4)12(16)20-6-10(14)21-7-22-13(17)9(2)23-11(15)5-18-3/h8-9H,5-7H2,1-4H3. The molecule has 23 heavy (non-hydrogen) atoms. The second-order valence-corrected chi connectivity index (χ2v) is 4.15. The molecule has 10 nitrogen and oxygen atoms in total. The van der Waals surface area contributed by atoms with Crippen molar-refractivity contribution in [3.8, 4) is 0 Å². The highest BCUT2D eigenvalue weighted by atomic mass is 16.7. The highest BCUT2D eigenvalue weighted by Gasteiger charge is 2.20. The number of esters is 4. The van der Waals surface area contributed by atoms with Gasteiger partial charge in [0, 0.05) is 14.2 Å². The van der Waals surface area contributed by atoms with Crippen LogP contribution in [0.15, 0.2) is 0 Å². The van der Waals surface area contributed by atoms with E-state index in [2.05, 4.69) is 28.4 Å². The first-order valence-corrected chi connectivity index (χ1v) is 6.51. The first kappa shape index (κ1) is 20.8. The number of ether oxygens (including phenoxy) is 6. The van der Waals surface area contributed by atoms with Gasteiger partial charge in [-0.15, -0.1) is 0 Å². The fourth-order valence-corrected chi connectivity index (χ4v) is 1.05. The monoisotopic (exact) mass is 336 g/mol. The molecule has 0 amide bonds. The summed E-state index contributed by atoms with van der Waals surface area (Å²) in [5.41, 5.74) is 0. The highest BCUT2D eigenvalue weighted by molar-refractivity contribution is 5.80.